The van der Waals surface area contributed by atoms with Crippen LogP contribution in [0.4, 0.5) is 4.39 Å². The van der Waals surface area contributed by atoms with Crippen LogP contribution in [0.5, 0.6) is 0 Å². The largest absolute Gasteiger partial charge is 0.308 e. The van der Waals surface area contributed by atoms with E-state index in [-0.39, 0.29) is 5.82 Å². The maximum Gasteiger partial charge on any atom is 0.129 e. The van der Waals surface area contributed by atoms with Crippen molar-refractivity contribution in [2.45, 2.75) is 20.0 Å². The molecule has 1 aromatic heterocycles. The van der Waals surface area contributed by atoms with Crippen molar-refractivity contribution in [3.63, 3.8) is 0 Å². The van der Waals surface area contributed by atoms with Gasteiger partial charge in [-0.05, 0) is 36.1 Å². The van der Waals surface area contributed by atoms with Crippen LogP contribution in [0.25, 0.3) is 0 Å². The van der Waals surface area contributed by atoms with Crippen molar-refractivity contribution in [1.29, 1.82) is 0 Å². The minimum absolute atomic E-state index is 0.257. The Bertz CT molecular complexity index is 490. The van der Waals surface area contributed by atoms with E-state index in [1.54, 1.807) is 23.5 Å². The zero-order valence-electron chi connectivity index (χ0n) is 9.47. The van der Waals surface area contributed by atoms with Crippen molar-refractivity contribution in [2.75, 3.05) is 0 Å². The molecule has 1 aromatic carbocycles. The van der Waals surface area contributed by atoms with E-state index in [1.165, 1.54) is 16.5 Å². The number of hydrogen-bond donors (Lipinski definition) is 1. The Morgan fingerprint density at radius 3 is 2.76 bits per heavy atom. The van der Waals surface area contributed by atoms with Crippen LogP contribution in [0.3, 0.4) is 0 Å². The van der Waals surface area contributed by atoms with Gasteiger partial charge in [0.15, 0.2) is 0 Å². The van der Waals surface area contributed by atoms with Crippen LogP contribution in [0, 0.1) is 12.7 Å². The lowest BCUT2D eigenvalue weighted by Gasteiger charge is -2.07. The van der Waals surface area contributed by atoms with Crippen LogP contribution < -0.4 is 5.32 Å². The van der Waals surface area contributed by atoms with Crippen molar-refractivity contribution >= 4 is 22.9 Å². The van der Waals surface area contributed by atoms with Crippen molar-refractivity contribution in [3.8, 4) is 0 Å². The molecule has 0 saturated carbocycles. The van der Waals surface area contributed by atoms with Crippen molar-refractivity contribution < 1.29 is 4.39 Å². The Kier molecular flexibility index (Phi) is 4.15. The molecule has 0 fully saturated rings. The maximum absolute atomic E-state index is 13.5. The fraction of sp³-hybridized carbons (Fsp3) is 0.231. The van der Waals surface area contributed by atoms with Crippen molar-refractivity contribution in [1.82, 2.24) is 5.32 Å². The lowest BCUT2D eigenvalue weighted by atomic mass is 10.2. The molecular weight excluding hydrogens is 257 g/mol. The summed E-state index contributed by atoms with van der Waals surface area (Å²) in [4.78, 5) is 1.28. The third kappa shape index (κ3) is 3.06. The smallest absolute Gasteiger partial charge is 0.129 e. The molecule has 0 aliphatic carbocycles. The molecule has 0 amide bonds. The summed E-state index contributed by atoms with van der Waals surface area (Å²) in [5, 5.41) is 5.74. The van der Waals surface area contributed by atoms with E-state index in [9.17, 15) is 4.39 Å². The summed E-state index contributed by atoms with van der Waals surface area (Å²) in [5.41, 5.74) is 1.80. The fourth-order valence-corrected chi connectivity index (χ4v) is 2.69. The first-order valence-corrected chi connectivity index (χ1v) is 6.61. The highest BCUT2D eigenvalue weighted by atomic mass is 35.5. The Hall–Kier alpha value is -0.900. The minimum Gasteiger partial charge on any atom is -0.308 e. The Balaban J connectivity index is 1.97. The number of rotatable bonds is 4. The van der Waals surface area contributed by atoms with Crippen LogP contribution >= 0.6 is 22.9 Å². The Morgan fingerprint density at radius 2 is 2.12 bits per heavy atom. The van der Waals surface area contributed by atoms with Crippen LogP contribution in [0.15, 0.2) is 29.6 Å². The number of nitrogens with one attached hydrogen (secondary N) is 1. The van der Waals surface area contributed by atoms with E-state index in [0.29, 0.717) is 17.1 Å². The standard InChI is InChI=1S/C13H13ClFNS/c1-9-5-6-17-13(9)8-16-7-10-11(14)3-2-4-12(10)15/h2-6,16H,7-8H2,1H3. The first-order valence-electron chi connectivity index (χ1n) is 5.35. The van der Waals surface area contributed by atoms with E-state index >= 15 is 0 Å². The Labute approximate surface area is 109 Å². The van der Waals surface area contributed by atoms with E-state index in [0.717, 1.165) is 6.54 Å². The summed E-state index contributed by atoms with van der Waals surface area (Å²) in [5.74, 6) is -0.257. The van der Waals surface area contributed by atoms with Gasteiger partial charge in [-0.2, -0.15) is 0 Å². The van der Waals surface area contributed by atoms with E-state index < -0.39 is 0 Å². The van der Waals surface area contributed by atoms with Gasteiger partial charge in [0.25, 0.3) is 0 Å². The highest BCUT2D eigenvalue weighted by molar-refractivity contribution is 7.10. The topological polar surface area (TPSA) is 12.0 Å². The average Bonchev–Trinajstić information content (AvgIpc) is 2.69. The second-order valence-corrected chi connectivity index (χ2v) is 5.24. The molecule has 2 rings (SSSR count). The first kappa shape index (κ1) is 12.6. The van der Waals surface area contributed by atoms with Gasteiger partial charge in [0.05, 0.1) is 0 Å². The summed E-state index contributed by atoms with van der Waals surface area (Å²) in [6.45, 7) is 3.26. The molecule has 0 atom stereocenters. The quantitative estimate of drug-likeness (QED) is 0.880. The molecule has 17 heavy (non-hydrogen) atoms. The summed E-state index contributed by atoms with van der Waals surface area (Å²) in [7, 11) is 0. The third-order valence-electron chi connectivity index (χ3n) is 2.62. The van der Waals surface area contributed by atoms with Crippen molar-refractivity contribution in [3.05, 3.63) is 56.5 Å². The molecule has 1 nitrogen and oxygen atoms in total. The molecule has 1 N–H and O–H groups in total. The molecule has 90 valence electrons. The van der Waals surface area contributed by atoms with Gasteiger partial charge in [0.2, 0.25) is 0 Å². The van der Waals surface area contributed by atoms with Crippen LogP contribution in [-0.4, -0.2) is 0 Å². The van der Waals surface area contributed by atoms with Crippen molar-refractivity contribution in [2.24, 2.45) is 0 Å². The summed E-state index contributed by atoms with van der Waals surface area (Å²) >= 11 is 7.65. The normalized spacial score (nSPS) is 10.8. The lowest BCUT2D eigenvalue weighted by molar-refractivity contribution is 0.589. The second-order valence-electron chi connectivity index (χ2n) is 3.83. The van der Waals surface area contributed by atoms with Gasteiger partial charge in [0.1, 0.15) is 5.82 Å². The predicted molar refractivity (Wildman–Crippen MR) is 71.0 cm³/mol. The maximum atomic E-state index is 13.5. The zero-order valence-corrected chi connectivity index (χ0v) is 11.0. The molecule has 0 radical (unpaired) electrons. The summed E-state index contributed by atoms with van der Waals surface area (Å²) in [6, 6.07) is 6.83. The van der Waals surface area contributed by atoms with E-state index in [4.69, 9.17) is 11.6 Å². The predicted octanol–water partition coefficient (Wildman–Crippen LogP) is 4.14. The monoisotopic (exact) mass is 269 g/mol. The van der Waals surface area contributed by atoms with Gasteiger partial charge in [-0.15, -0.1) is 11.3 Å². The highest BCUT2D eigenvalue weighted by Gasteiger charge is 2.06. The SMILES string of the molecule is Cc1ccsc1CNCc1c(F)cccc1Cl. The number of aryl methyl sites for hydroxylation is 1. The van der Waals surface area contributed by atoms with Gasteiger partial charge in [-0.25, -0.2) is 4.39 Å². The molecule has 4 heteroatoms. The van der Waals surface area contributed by atoms with Gasteiger partial charge >= 0.3 is 0 Å². The summed E-state index contributed by atoms with van der Waals surface area (Å²) in [6.07, 6.45) is 0. The number of thiophene rings is 1. The molecule has 2 aromatic rings. The molecule has 0 spiro atoms. The zero-order chi connectivity index (χ0) is 12.3. The first-order chi connectivity index (χ1) is 8.18. The molecule has 0 aliphatic rings. The van der Waals surface area contributed by atoms with Gasteiger partial charge in [0, 0.05) is 28.6 Å². The fourth-order valence-electron chi connectivity index (χ4n) is 1.59. The molecule has 0 unspecified atom stereocenters. The molecular formula is C13H13ClFNS. The molecule has 1 heterocycles. The molecule has 0 bridgehead atoms. The summed E-state index contributed by atoms with van der Waals surface area (Å²) < 4.78 is 13.5. The number of hydrogen-bond acceptors (Lipinski definition) is 2. The lowest BCUT2D eigenvalue weighted by Crippen LogP contribution is -2.13. The third-order valence-corrected chi connectivity index (χ3v) is 3.99. The molecule has 0 saturated heterocycles. The second kappa shape index (κ2) is 5.63. The average molecular weight is 270 g/mol. The minimum atomic E-state index is -0.257. The van der Waals surface area contributed by atoms with Gasteiger partial charge in [-0.3, -0.25) is 0 Å². The van der Waals surface area contributed by atoms with Crippen LogP contribution in [0.2, 0.25) is 5.02 Å². The number of halogens is 2. The van der Waals surface area contributed by atoms with Crippen LogP contribution in [-0.2, 0) is 13.1 Å². The molecule has 0 aliphatic heterocycles. The Morgan fingerprint density at radius 1 is 1.29 bits per heavy atom. The highest BCUT2D eigenvalue weighted by Crippen LogP contribution is 2.19. The van der Waals surface area contributed by atoms with Crippen LogP contribution in [0.1, 0.15) is 16.0 Å². The van der Waals surface area contributed by atoms with E-state index in [2.05, 4.69) is 23.7 Å². The van der Waals surface area contributed by atoms with Gasteiger partial charge in [-0.1, -0.05) is 17.7 Å². The van der Waals surface area contributed by atoms with E-state index in [1.807, 2.05) is 0 Å². The van der Waals surface area contributed by atoms with Gasteiger partial charge < -0.3 is 5.32 Å². The number of benzene rings is 1.